The van der Waals surface area contributed by atoms with E-state index in [0.717, 1.165) is 25.3 Å². The first kappa shape index (κ1) is 14.5. The van der Waals surface area contributed by atoms with E-state index in [4.69, 9.17) is 0 Å². The minimum atomic E-state index is 0.109. The number of carbonyl (C=O) groups excluding carboxylic acids is 1. The van der Waals surface area contributed by atoms with E-state index in [0.29, 0.717) is 12.1 Å². The van der Waals surface area contributed by atoms with Gasteiger partial charge in [0.05, 0.1) is 40.3 Å². The number of carbonyl (C=O) groups is 1. The van der Waals surface area contributed by atoms with Gasteiger partial charge in [0.15, 0.2) is 0 Å². The highest BCUT2D eigenvalue weighted by atomic mass is 127. The minimum absolute atomic E-state index is 0.109. The molecule has 4 nitrogen and oxygen atoms in total. The number of hydrogen-bond donors (Lipinski definition) is 1. The number of fused-ring (bicyclic) bond motifs is 1. The van der Waals surface area contributed by atoms with Crippen LogP contribution in [0.4, 0.5) is 0 Å². The average Bonchev–Trinajstić information content (AvgIpc) is 2.45. The smallest absolute Gasteiger partial charge is 0.238 e. The quantitative estimate of drug-likeness (QED) is 0.536. The zero-order valence-electron chi connectivity index (χ0n) is 10.5. The van der Waals surface area contributed by atoms with E-state index in [1.165, 1.54) is 0 Å². The van der Waals surface area contributed by atoms with Crippen molar-refractivity contribution in [3.63, 3.8) is 0 Å². The molecule has 96 valence electrons. The number of nitrogens with zero attached hydrogens (tertiary/aromatic N) is 2. The maximum Gasteiger partial charge on any atom is 0.238 e. The van der Waals surface area contributed by atoms with Gasteiger partial charge in [-0.15, -0.1) is 0 Å². The first-order valence-corrected chi connectivity index (χ1v) is 6.92. The maximum absolute atomic E-state index is 11.8. The van der Waals surface area contributed by atoms with Crippen molar-refractivity contribution in [2.24, 2.45) is 0 Å². The highest BCUT2D eigenvalue weighted by molar-refractivity contribution is 14.1. The third kappa shape index (κ3) is 3.01. The normalized spacial score (nSPS) is 24.9. The van der Waals surface area contributed by atoms with Crippen LogP contribution in [-0.2, 0) is 4.79 Å². The van der Waals surface area contributed by atoms with E-state index >= 15 is 0 Å². The van der Waals surface area contributed by atoms with Gasteiger partial charge in [0.2, 0.25) is 5.91 Å². The third-order valence-electron chi connectivity index (χ3n) is 2.90. The van der Waals surface area contributed by atoms with Gasteiger partial charge in [-0.2, -0.15) is 0 Å². The van der Waals surface area contributed by atoms with Gasteiger partial charge in [0.1, 0.15) is 0 Å². The molecule has 5 heteroatoms. The molecule has 0 aliphatic carbocycles. The van der Waals surface area contributed by atoms with Gasteiger partial charge in [-0.05, 0) is 0 Å². The Morgan fingerprint density at radius 2 is 2.00 bits per heavy atom. The summed E-state index contributed by atoms with van der Waals surface area (Å²) in [6.07, 6.45) is 0.536. The van der Waals surface area contributed by atoms with Gasteiger partial charge < -0.3 is 10.2 Å². The highest BCUT2D eigenvalue weighted by Gasteiger charge is 2.33. The van der Waals surface area contributed by atoms with E-state index in [2.05, 4.69) is 23.4 Å². The monoisotopic (exact) mass is 349 g/mol. The lowest BCUT2D eigenvalue weighted by Gasteiger charge is -2.36. The number of rotatable bonds is 0. The Labute approximate surface area is 117 Å². The lowest BCUT2D eigenvalue weighted by atomic mass is 10.1. The van der Waals surface area contributed by atoms with Gasteiger partial charge in [0.25, 0.3) is 0 Å². The van der Waals surface area contributed by atoms with Gasteiger partial charge in [-0.3, -0.25) is 7.91 Å². The Hall–Kier alpha value is -0.560. The Balaban J connectivity index is 0.000000686. The van der Waals surface area contributed by atoms with Crippen molar-refractivity contribution in [2.45, 2.75) is 26.3 Å². The van der Waals surface area contributed by atoms with Crippen LogP contribution in [0.2, 0.25) is 0 Å². The summed E-state index contributed by atoms with van der Waals surface area (Å²) >= 11 is 2.00. The van der Waals surface area contributed by atoms with Crippen LogP contribution in [0.15, 0.2) is 24.6 Å². The fourth-order valence-corrected chi connectivity index (χ4v) is 2.49. The van der Waals surface area contributed by atoms with Crippen LogP contribution in [0.1, 0.15) is 20.3 Å². The van der Waals surface area contributed by atoms with Crippen LogP contribution in [0, 0.1) is 0 Å². The summed E-state index contributed by atoms with van der Waals surface area (Å²) in [6.45, 7) is 14.6. The Kier molecular flexibility index (Phi) is 5.45. The van der Waals surface area contributed by atoms with Crippen molar-refractivity contribution in [3.05, 3.63) is 24.6 Å². The topological polar surface area (TPSA) is 35.6 Å². The van der Waals surface area contributed by atoms with E-state index in [9.17, 15) is 4.79 Å². The van der Waals surface area contributed by atoms with Crippen molar-refractivity contribution in [2.75, 3.05) is 19.6 Å². The van der Waals surface area contributed by atoms with Crippen molar-refractivity contribution >= 4 is 28.8 Å². The molecule has 0 aromatic rings. The molecule has 2 fully saturated rings. The molecule has 2 aliphatic heterocycles. The molecule has 0 spiro atoms. The molecule has 2 heterocycles. The summed E-state index contributed by atoms with van der Waals surface area (Å²) in [6, 6.07) is 0.232. The van der Waals surface area contributed by atoms with Crippen LogP contribution in [0.3, 0.4) is 0 Å². The third-order valence-corrected chi connectivity index (χ3v) is 4.02. The Bertz CT molecular complexity index is 330. The number of halogens is 1. The summed E-state index contributed by atoms with van der Waals surface area (Å²) in [7, 11) is 0. The predicted octanol–water partition coefficient (Wildman–Crippen LogP) is 1.90. The summed E-state index contributed by atoms with van der Waals surface area (Å²) < 4.78 is 1.58. The highest BCUT2D eigenvalue weighted by Crippen LogP contribution is 2.28. The second kappa shape index (κ2) is 6.39. The number of hydrogen-bond acceptors (Lipinski definition) is 3. The van der Waals surface area contributed by atoms with Crippen molar-refractivity contribution in [1.82, 2.24) is 13.3 Å². The van der Waals surface area contributed by atoms with E-state index in [1.54, 1.807) is 3.11 Å². The summed E-state index contributed by atoms with van der Waals surface area (Å²) in [4.78, 5) is 14.0. The zero-order chi connectivity index (χ0) is 13.0. The maximum atomic E-state index is 11.8. The molecule has 0 aromatic carbocycles. The van der Waals surface area contributed by atoms with Crippen LogP contribution in [0.5, 0.6) is 0 Å². The average molecular weight is 349 g/mol. The van der Waals surface area contributed by atoms with Gasteiger partial charge in [0, 0.05) is 26.1 Å². The van der Waals surface area contributed by atoms with E-state index in [-0.39, 0.29) is 11.9 Å². The Morgan fingerprint density at radius 1 is 1.35 bits per heavy atom. The largest absolute Gasteiger partial charge is 0.364 e. The minimum Gasteiger partial charge on any atom is -0.364 e. The van der Waals surface area contributed by atoms with Crippen LogP contribution in [0.25, 0.3) is 0 Å². The fraction of sp³-hybridized carbons (Fsp3) is 0.583. The molecule has 2 aliphatic rings. The first-order chi connectivity index (χ1) is 8.11. The van der Waals surface area contributed by atoms with Gasteiger partial charge >= 0.3 is 0 Å². The fourth-order valence-electron chi connectivity index (χ4n) is 2.01. The number of piperazine rings is 1. The standard InChI is InChI=1S/C10H14IN3O.C2H6/c1-7-8(2)14(11)10(15)5-9-6-12-3-4-13(7)9;1-2/h9,12H,1-6H2;1-2H3. The second-order valence-corrected chi connectivity index (χ2v) is 4.79. The summed E-state index contributed by atoms with van der Waals surface area (Å²) in [5, 5.41) is 3.30. The molecule has 0 bridgehead atoms. The van der Waals surface area contributed by atoms with Crippen molar-refractivity contribution in [1.29, 1.82) is 0 Å². The lowest BCUT2D eigenvalue weighted by molar-refractivity contribution is -0.124. The number of amides is 1. The summed E-state index contributed by atoms with van der Waals surface area (Å²) in [5.74, 6) is 0.109. The molecule has 0 saturated carbocycles. The van der Waals surface area contributed by atoms with Crippen LogP contribution < -0.4 is 5.32 Å². The zero-order valence-corrected chi connectivity index (χ0v) is 12.7. The molecule has 17 heavy (non-hydrogen) atoms. The first-order valence-electron chi connectivity index (χ1n) is 5.95. The second-order valence-electron chi connectivity index (χ2n) is 3.82. The lowest BCUT2D eigenvalue weighted by Crippen LogP contribution is -2.50. The van der Waals surface area contributed by atoms with E-state index < -0.39 is 0 Å². The van der Waals surface area contributed by atoms with Crippen molar-refractivity contribution < 1.29 is 4.79 Å². The molecule has 2 saturated heterocycles. The molecule has 2 rings (SSSR count). The van der Waals surface area contributed by atoms with Crippen LogP contribution >= 0.6 is 22.9 Å². The molecule has 0 aromatic heterocycles. The van der Waals surface area contributed by atoms with Crippen LogP contribution in [-0.4, -0.2) is 39.6 Å². The molecule has 1 amide bonds. The number of nitrogens with one attached hydrogen (secondary N) is 1. The molecule has 1 unspecified atom stereocenters. The van der Waals surface area contributed by atoms with Gasteiger partial charge in [-0.25, -0.2) is 0 Å². The molecule has 1 N–H and O–H groups in total. The van der Waals surface area contributed by atoms with Gasteiger partial charge in [-0.1, -0.05) is 27.0 Å². The SMILES string of the molecule is C=C1C(=C)N2CCNCC2CC(=O)N1I.CC. The molecule has 0 radical (unpaired) electrons. The Morgan fingerprint density at radius 3 is 2.65 bits per heavy atom. The summed E-state index contributed by atoms with van der Waals surface area (Å²) in [5.41, 5.74) is 1.59. The molecule has 1 atom stereocenters. The van der Waals surface area contributed by atoms with Crippen molar-refractivity contribution in [3.8, 4) is 0 Å². The molecular formula is C12H20IN3O. The predicted molar refractivity (Wildman–Crippen MR) is 78.5 cm³/mol. The van der Waals surface area contributed by atoms with E-state index in [1.807, 2.05) is 36.7 Å². The molecular weight excluding hydrogens is 329 g/mol.